The van der Waals surface area contributed by atoms with Gasteiger partial charge in [-0.2, -0.15) is 5.26 Å². The summed E-state index contributed by atoms with van der Waals surface area (Å²) in [5, 5.41) is 8.81. The van der Waals surface area contributed by atoms with Crippen molar-refractivity contribution in [3.05, 3.63) is 47.7 Å². The first kappa shape index (κ1) is 11.2. The Bertz CT molecular complexity index is 568. The Balaban J connectivity index is 2.42. The Hall–Kier alpha value is -2.34. The van der Waals surface area contributed by atoms with Crippen LogP contribution in [-0.4, -0.2) is 12.1 Å². The van der Waals surface area contributed by atoms with E-state index >= 15 is 0 Å². The lowest BCUT2D eigenvalue weighted by Gasteiger charge is -2.06. The molecule has 0 atom stereocenters. The van der Waals surface area contributed by atoms with Crippen molar-refractivity contribution in [2.24, 2.45) is 0 Å². The molecule has 0 spiro atoms. The van der Waals surface area contributed by atoms with Crippen LogP contribution in [0.3, 0.4) is 0 Å². The van der Waals surface area contributed by atoms with Gasteiger partial charge in [0.15, 0.2) is 0 Å². The monoisotopic (exact) mass is 224 g/mol. The number of ether oxygens (including phenoxy) is 1. The number of hydrogen-bond donors (Lipinski definition) is 0. The van der Waals surface area contributed by atoms with Crippen LogP contribution in [0, 0.1) is 18.3 Å². The molecule has 17 heavy (non-hydrogen) atoms. The lowest BCUT2D eigenvalue weighted by molar-refractivity contribution is 0.398. The van der Waals surface area contributed by atoms with Gasteiger partial charge in [0.05, 0.1) is 18.7 Å². The zero-order valence-corrected chi connectivity index (χ0v) is 9.77. The van der Waals surface area contributed by atoms with Crippen LogP contribution >= 0.6 is 0 Å². The van der Waals surface area contributed by atoms with E-state index in [0.717, 1.165) is 16.7 Å². The Labute approximate surface area is 100 Å². The van der Waals surface area contributed by atoms with E-state index in [1.54, 1.807) is 13.3 Å². The number of benzene rings is 1. The second kappa shape index (κ2) is 4.67. The lowest BCUT2D eigenvalue weighted by Crippen LogP contribution is -1.89. The van der Waals surface area contributed by atoms with Gasteiger partial charge in [-0.05, 0) is 36.2 Å². The first-order valence-corrected chi connectivity index (χ1v) is 5.26. The summed E-state index contributed by atoms with van der Waals surface area (Å²) in [5.74, 6) is 0.597. The highest BCUT2D eigenvalue weighted by Crippen LogP contribution is 2.24. The highest BCUT2D eigenvalue weighted by molar-refractivity contribution is 5.67. The lowest BCUT2D eigenvalue weighted by atomic mass is 10.0. The van der Waals surface area contributed by atoms with E-state index in [2.05, 4.69) is 11.1 Å². The van der Waals surface area contributed by atoms with Gasteiger partial charge in [-0.3, -0.25) is 0 Å². The van der Waals surface area contributed by atoms with E-state index in [-0.39, 0.29) is 0 Å². The second-order valence-corrected chi connectivity index (χ2v) is 3.73. The maximum absolute atomic E-state index is 8.81. The van der Waals surface area contributed by atoms with Gasteiger partial charge in [-0.15, -0.1) is 0 Å². The van der Waals surface area contributed by atoms with Crippen molar-refractivity contribution < 1.29 is 4.74 Å². The van der Waals surface area contributed by atoms with Gasteiger partial charge in [0.2, 0.25) is 5.88 Å². The molecule has 3 heteroatoms. The molecule has 0 saturated carbocycles. The molecule has 0 unspecified atom stereocenters. The molecule has 0 aliphatic carbocycles. The molecule has 0 radical (unpaired) electrons. The molecule has 1 aromatic heterocycles. The zero-order valence-electron chi connectivity index (χ0n) is 9.77. The zero-order chi connectivity index (χ0) is 12.3. The Morgan fingerprint density at radius 1 is 1.24 bits per heavy atom. The van der Waals surface area contributed by atoms with E-state index in [4.69, 9.17) is 10.00 Å². The maximum Gasteiger partial charge on any atom is 0.212 e. The summed E-state index contributed by atoms with van der Waals surface area (Å²) >= 11 is 0. The molecular formula is C14H12N2O. The number of aryl methyl sites for hydroxylation is 1. The molecule has 2 rings (SSSR count). The summed E-state index contributed by atoms with van der Waals surface area (Å²) in [6.07, 6.45) is 1.77. The van der Waals surface area contributed by atoms with E-state index in [1.165, 1.54) is 0 Å². The van der Waals surface area contributed by atoms with Crippen molar-refractivity contribution in [2.75, 3.05) is 7.11 Å². The van der Waals surface area contributed by atoms with Gasteiger partial charge >= 0.3 is 0 Å². The van der Waals surface area contributed by atoms with E-state index in [1.807, 2.05) is 37.3 Å². The maximum atomic E-state index is 8.81. The average Bonchev–Trinajstić information content (AvgIpc) is 2.39. The molecule has 1 heterocycles. The smallest absolute Gasteiger partial charge is 0.212 e. The summed E-state index contributed by atoms with van der Waals surface area (Å²) < 4.78 is 5.02. The number of nitrogens with zero attached hydrogens (tertiary/aromatic N) is 2. The van der Waals surface area contributed by atoms with Crippen LogP contribution in [0.2, 0.25) is 0 Å². The summed E-state index contributed by atoms with van der Waals surface area (Å²) in [6, 6.07) is 11.5. The summed E-state index contributed by atoms with van der Waals surface area (Å²) in [4.78, 5) is 4.17. The predicted octanol–water partition coefficient (Wildman–Crippen LogP) is 2.94. The standard InChI is InChI=1S/C14H12N2O/c1-10-7-11(8-15)3-5-13(10)12-4-6-14(17-2)16-9-12/h3-7,9H,1-2H3. The van der Waals surface area contributed by atoms with Gasteiger partial charge in [0.25, 0.3) is 0 Å². The van der Waals surface area contributed by atoms with E-state index in [9.17, 15) is 0 Å². The van der Waals surface area contributed by atoms with Gasteiger partial charge < -0.3 is 4.74 Å². The highest BCUT2D eigenvalue weighted by atomic mass is 16.5. The largest absolute Gasteiger partial charge is 0.481 e. The molecule has 1 aromatic carbocycles. The minimum absolute atomic E-state index is 0.597. The van der Waals surface area contributed by atoms with Crippen LogP contribution < -0.4 is 4.74 Å². The fourth-order valence-electron chi connectivity index (χ4n) is 1.72. The van der Waals surface area contributed by atoms with Gasteiger partial charge in [0, 0.05) is 17.8 Å². The molecule has 3 nitrogen and oxygen atoms in total. The third kappa shape index (κ3) is 2.26. The SMILES string of the molecule is COc1ccc(-c2ccc(C#N)cc2C)cn1. The first-order chi connectivity index (χ1) is 8.24. The van der Waals surface area contributed by atoms with Crippen LogP contribution in [-0.2, 0) is 0 Å². The second-order valence-electron chi connectivity index (χ2n) is 3.73. The topological polar surface area (TPSA) is 45.9 Å². The fourth-order valence-corrected chi connectivity index (χ4v) is 1.72. The van der Waals surface area contributed by atoms with Crippen molar-refractivity contribution >= 4 is 0 Å². The van der Waals surface area contributed by atoms with Gasteiger partial charge in [-0.25, -0.2) is 4.98 Å². The Morgan fingerprint density at radius 3 is 2.59 bits per heavy atom. The van der Waals surface area contributed by atoms with Crippen molar-refractivity contribution in [3.63, 3.8) is 0 Å². The van der Waals surface area contributed by atoms with Crippen molar-refractivity contribution in [1.82, 2.24) is 4.98 Å². The number of nitriles is 1. The molecule has 0 fully saturated rings. The molecule has 84 valence electrons. The third-order valence-electron chi connectivity index (χ3n) is 2.61. The van der Waals surface area contributed by atoms with Crippen LogP contribution in [0.5, 0.6) is 5.88 Å². The quantitative estimate of drug-likeness (QED) is 0.787. The first-order valence-electron chi connectivity index (χ1n) is 5.26. The predicted molar refractivity (Wildman–Crippen MR) is 65.7 cm³/mol. The minimum Gasteiger partial charge on any atom is -0.481 e. The van der Waals surface area contributed by atoms with E-state index in [0.29, 0.717) is 11.4 Å². The highest BCUT2D eigenvalue weighted by Gasteiger charge is 2.03. The molecule has 2 aromatic rings. The number of pyridine rings is 1. The van der Waals surface area contributed by atoms with Crippen molar-refractivity contribution in [1.29, 1.82) is 5.26 Å². The number of hydrogen-bond acceptors (Lipinski definition) is 3. The van der Waals surface area contributed by atoms with Crippen LogP contribution in [0.15, 0.2) is 36.5 Å². The van der Waals surface area contributed by atoms with Crippen LogP contribution in [0.1, 0.15) is 11.1 Å². The Kier molecular flexibility index (Phi) is 3.06. The van der Waals surface area contributed by atoms with Crippen molar-refractivity contribution in [2.45, 2.75) is 6.92 Å². The number of aromatic nitrogens is 1. The molecule has 0 N–H and O–H groups in total. The third-order valence-corrected chi connectivity index (χ3v) is 2.61. The molecule has 0 aliphatic rings. The van der Waals surface area contributed by atoms with Crippen LogP contribution in [0.25, 0.3) is 11.1 Å². The summed E-state index contributed by atoms with van der Waals surface area (Å²) in [5.41, 5.74) is 3.84. The minimum atomic E-state index is 0.597. The van der Waals surface area contributed by atoms with Crippen LogP contribution in [0.4, 0.5) is 0 Å². The molecule has 0 saturated heterocycles. The van der Waals surface area contributed by atoms with E-state index < -0.39 is 0 Å². The normalized spacial score (nSPS) is 9.71. The Morgan fingerprint density at radius 2 is 2.06 bits per heavy atom. The van der Waals surface area contributed by atoms with Gasteiger partial charge in [-0.1, -0.05) is 6.07 Å². The number of methoxy groups -OCH3 is 1. The molecule has 0 aliphatic heterocycles. The average molecular weight is 224 g/mol. The molecular weight excluding hydrogens is 212 g/mol. The molecule has 0 amide bonds. The molecule has 0 bridgehead atoms. The number of rotatable bonds is 2. The summed E-state index contributed by atoms with van der Waals surface area (Å²) in [6.45, 7) is 1.99. The fraction of sp³-hybridized carbons (Fsp3) is 0.143. The van der Waals surface area contributed by atoms with Crippen molar-refractivity contribution in [3.8, 4) is 23.1 Å². The van der Waals surface area contributed by atoms with Gasteiger partial charge in [0.1, 0.15) is 0 Å². The summed E-state index contributed by atoms with van der Waals surface area (Å²) in [7, 11) is 1.59.